The van der Waals surface area contributed by atoms with Gasteiger partial charge in [-0.05, 0) is 38.5 Å². The number of rotatable bonds is 4. The molecule has 2 aliphatic rings. The van der Waals surface area contributed by atoms with E-state index >= 15 is 0 Å². The smallest absolute Gasteiger partial charge is 0.0928 e. The molecule has 1 saturated heterocycles. The van der Waals surface area contributed by atoms with Gasteiger partial charge in [0, 0.05) is 43.3 Å². The number of aromatic nitrogens is 3. The predicted molar refractivity (Wildman–Crippen MR) is 98.7 cm³/mol. The van der Waals surface area contributed by atoms with Crippen LogP contribution in [-0.2, 0) is 19.9 Å². The first kappa shape index (κ1) is 16.1. The van der Waals surface area contributed by atoms with Crippen LogP contribution >= 0.6 is 11.3 Å². The van der Waals surface area contributed by atoms with Crippen LogP contribution in [0.1, 0.15) is 54.2 Å². The minimum atomic E-state index is 0.505. The maximum absolute atomic E-state index is 4.83. The molecular weight excluding hydrogens is 318 g/mol. The molecule has 2 atom stereocenters. The Labute approximate surface area is 148 Å². The van der Waals surface area contributed by atoms with Crippen molar-refractivity contribution in [1.29, 1.82) is 0 Å². The minimum absolute atomic E-state index is 0.505. The molecule has 1 aliphatic carbocycles. The van der Waals surface area contributed by atoms with Crippen LogP contribution in [0.4, 0.5) is 5.69 Å². The molecule has 4 rings (SSSR count). The second-order valence-electron chi connectivity index (χ2n) is 7.04. The van der Waals surface area contributed by atoms with E-state index in [-0.39, 0.29) is 0 Å². The van der Waals surface area contributed by atoms with Crippen molar-refractivity contribution >= 4 is 17.0 Å². The van der Waals surface area contributed by atoms with Crippen molar-refractivity contribution in [2.24, 2.45) is 7.05 Å². The van der Waals surface area contributed by atoms with E-state index in [0.717, 1.165) is 25.9 Å². The number of anilines is 1. The summed E-state index contributed by atoms with van der Waals surface area (Å²) in [5, 5.41) is 9.58. The molecule has 0 aromatic carbocycles. The minimum Gasteiger partial charge on any atom is -0.367 e. The molecule has 3 heterocycles. The van der Waals surface area contributed by atoms with Gasteiger partial charge in [0.2, 0.25) is 0 Å². The van der Waals surface area contributed by atoms with Crippen LogP contribution in [0.2, 0.25) is 0 Å². The predicted octanol–water partition coefficient (Wildman–Crippen LogP) is 3.08. The molecule has 0 spiro atoms. The summed E-state index contributed by atoms with van der Waals surface area (Å²) in [6, 6.07) is 1.06. The molecule has 0 radical (unpaired) electrons. The average Bonchev–Trinajstić information content (AvgIpc) is 3.21. The van der Waals surface area contributed by atoms with Crippen LogP contribution < -0.4 is 10.2 Å². The number of thiazole rings is 1. The lowest BCUT2D eigenvalue weighted by molar-refractivity contribution is 0.355. The molecule has 2 aromatic rings. The molecule has 1 aliphatic heterocycles. The van der Waals surface area contributed by atoms with E-state index in [1.807, 2.05) is 29.3 Å². The first-order valence-electron chi connectivity index (χ1n) is 9.21. The largest absolute Gasteiger partial charge is 0.367 e. The summed E-state index contributed by atoms with van der Waals surface area (Å²) in [7, 11) is 1.99. The number of nitrogens with zero attached hydrogens (tertiary/aromatic N) is 4. The topological polar surface area (TPSA) is 46.0 Å². The zero-order valence-electron chi connectivity index (χ0n) is 14.7. The molecule has 5 nitrogen and oxygen atoms in total. The highest BCUT2D eigenvalue weighted by Crippen LogP contribution is 2.35. The Hall–Kier alpha value is -1.40. The van der Waals surface area contributed by atoms with Gasteiger partial charge in [-0.3, -0.25) is 4.68 Å². The van der Waals surface area contributed by atoms with Crippen LogP contribution in [0.5, 0.6) is 0 Å². The van der Waals surface area contributed by atoms with Crippen molar-refractivity contribution < 1.29 is 0 Å². The van der Waals surface area contributed by atoms with Gasteiger partial charge in [0.1, 0.15) is 0 Å². The highest BCUT2D eigenvalue weighted by Gasteiger charge is 2.28. The van der Waals surface area contributed by atoms with Gasteiger partial charge in [-0.25, -0.2) is 4.98 Å². The lowest BCUT2D eigenvalue weighted by atomic mass is 9.96. The standard InChI is InChI=1S/C18H27N5S/c1-3-17-21-16-8-4-7-15(18(16)24-17)20-13-6-5-9-23(11-13)14-10-19-22(2)12-14/h10,12-13,15,20H,3-9,11H2,1-2H3/t13-,15-/m1/s1. The van der Waals surface area contributed by atoms with Gasteiger partial charge in [0.05, 0.1) is 22.6 Å². The number of hydrogen-bond donors (Lipinski definition) is 1. The third-order valence-corrected chi connectivity index (χ3v) is 6.57. The second kappa shape index (κ2) is 6.84. The zero-order valence-corrected chi connectivity index (χ0v) is 15.5. The monoisotopic (exact) mass is 345 g/mol. The maximum Gasteiger partial charge on any atom is 0.0928 e. The number of piperidine rings is 1. The summed E-state index contributed by atoms with van der Waals surface area (Å²) in [5.74, 6) is 0. The van der Waals surface area contributed by atoms with Gasteiger partial charge >= 0.3 is 0 Å². The van der Waals surface area contributed by atoms with Crippen molar-refractivity contribution in [2.75, 3.05) is 18.0 Å². The zero-order chi connectivity index (χ0) is 16.5. The van der Waals surface area contributed by atoms with Crippen molar-refractivity contribution in [3.05, 3.63) is 28.0 Å². The summed E-state index contributed by atoms with van der Waals surface area (Å²) in [5.41, 5.74) is 2.61. The number of aryl methyl sites for hydroxylation is 3. The van der Waals surface area contributed by atoms with Crippen LogP contribution in [0.3, 0.4) is 0 Å². The van der Waals surface area contributed by atoms with Gasteiger partial charge in [0.25, 0.3) is 0 Å². The Bertz CT molecular complexity index is 691. The van der Waals surface area contributed by atoms with Gasteiger partial charge < -0.3 is 10.2 Å². The Morgan fingerprint density at radius 3 is 3.04 bits per heavy atom. The van der Waals surface area contributed by atoms with Gasteiger partial charge in [-0.2, -0.15) is 5.10 Å². The van der Waals surface area contributed by atoms with Crippen molar-refractivity contribution in [3.8, 4) is 0 Å². The lowest BCUT2D eigenvalue weighted by Gasteiger charge is -2.36. The SMILES string of the molecule is CCc1nc2c(s1)[C@H](N[C@@H]1CCCN(c3cnn(C)c3)C1)CCC2. The lowest BCUT2D eigenvalue weighted by Crippen LogP contribution is -2.47. The third kappa shape index (κ3) is 3.22. The van der Waals surface area contributed by atoms with E-state index in [9.17, 15) is 0 Å². The Morgan fingerprint density at radius 1 is 1.33 bits per heavy atom. The Balaban J connectivity index is 1.45. The van der Waals surface area contributed by atoms with E-state index < -0.39 is 0 Å². The molecule has 1 N–H and O–H groups in total. The fourth-order valence-corrected chi connectivity index (χ4v) is 5.13. The van der Waals surface area contributed by atoms with Gasteiger partial charge in [0.15, 0.2) is 0 Å². The quantitative estimate of drug-likeness (QED) is 0.925. The van der Waals surface area contributed by atoms with Crippen LogP contribution in [-0.4, -0.2) is 33.9 Å². The maximum atomic E-state index is 4.83. The van der Waals surface area contributed by atoms with Gasteiger partial charge in [-0.15, -0.1) is 11.3 Å². The van der Waals surface area contributed by atoms with Crippen molar-refractivity contribution in [3.63, 3.8) is 0 Å². The highest BCUT2D eigenvalue weighted by molar-refractivity contribution is 7.11. The normalized spacial score (nSPS) is 24.2. The molecule has 0 saturated carbocycles. The van der Waals surface area contributed by atoms with E-state index in [4.69, 9.17) is 4.98 Å². The summed E-state index contributed by atoms with van der Waals surface area (Å²) in [4.78, 5) is 8.82. The summed E-state index contributed by atoms with van der Waals surface area (Å²) < 4.78 is 1.89. The average molecular weight is 346 g/mol. The third-order valence-electron chi connectivity index (χ3n) is 5.21. The van der Waals surface area contributed by atoms with E-state index in [2.05, 4.69) is 28.4 Å². The molecule has 0 amide bonds. The molecule has 1 fully saturated rings. The van der Waals surface area contributed by atoms with Crippen LogP contribution in [0.15, 0.2) is 12.4 Å². The van der Waals surface area contributed by atoms with Crippen LogP contribution in [0, 0.1) is 0 Å². The number of fused-ring (bicyclic) bond motifs is 1. The van der Waals surface area contributed by atoms with Crippen molar-refractivity contribution in [2.45, 2.75) is 57.5 Å². The second-order valence-corrected chi connectivity index (χ2v) is 8.16. The van der Waals surface area contributed by atoms with E-state index in [1.165, 1.54) is 46.9 Å². The molecule has 6 heteroatoms. The molecule has 2 aromatic heterocycles. The molecular formula is C18H27N5S. The number of nitrogens with one attached hydrogen (secondary N) is 1. The summed E-state index contributed by atoms with van der Waals surface area (Å²) >= 11 is 1.93. The Morgan fingerprint density at radius 2 is 2.25 bits per heavy atom. The number of hydrogen-bond acceptors (Lipinski definition) is 5. The molecule has 130 valence electrons. The first-order valence-corrected chi connectivity index (χ1v) is 10.0. The van der Waals surface area contributed by atoms with E-state index in [0.29, 0.717) is 12.1 Å². The molecule has 0 unspecified atom stereocenters. The van der Waals surface area contributed by atoms with E-state index in [1.54, 1.807) is 0 Å². The molecule has 24 heavy (non-hydrogen) atoms. The van der Waals surface area contributed by atoms with Gasteiger partial charge in [-0.1, -0.05) is 6.92 Å². The summed E-state index contributed by atoms with van der Waals surface area (Å²) in [6.45, 7) is 4.43. The summed E-state index contributed by atoms with van der Waals surface area (Å²) in [6.07, 6.45) is 11.4. The Kier molecular flexibility index (Phi) is 4.59. The first-order chi connectivity index (χ1) is 11.7. The fraction of sp³-hybridized carbons (Fsp3) is 0.667. The molecule has 0 bridgehead atoms. The van der Waals surface area contributed by atoms with Crippen LogP contribution in [0.25, 0.3) is 0 Å². The highest BCUT2D eigenvalue weighted by atomic mass is 32.1. The fourth-order valence-electron chi connectivity index (χ4n) is 3.98. The van der Waals surface area contributed by atoms with Crippen molar-refractivity contribution in [1.82, 2.24) is 20.1 Å².